The zero-order valence-corrected chi connectivity index (χ0v) is 16.0. The van der Waals surface area contributed by atoms with Crippen LogP contribution < -0.4 is 5.32 Å². The Hall–Kier alpha value is -3.16. The number of aromatic nitrogens is 1. The Morgan fingerprint density at radius 2 is 1.81 bits per heavy atom. The Balaban J connectivity index is 2.12. The van der Waals surface area contributed by atoms with Gasteiger partial charge in [-0.2, -0.15) is 0 Å². The maximum absolute atomic E-state index is 12.5. The topological polar surface area (TPSA) is 103 Å². The molecule has 0 unspecified atom stereocenters. The number of nitro groups is 1. The summed E-state index contributed by atoms with van der Waals surface area (Å²) in [5.74, 6) is -1.25. The van der Waals surface area contributed by atoms with E-state index in [0.717, 1.165) is 11.4 Å². The van der Waals surface area contributed by atoms with Crippen molar-refractivity contribution in [2.45, 2.75) is 46.8 Å². The lowest BCUT2D eigenvalue weighted by atomic mass is 10.2. The van der Waals surface area contributed by atoms with Crippen LogP contribution in [0, 0.1) is 24.0 Å². The lowest BCUT2D eigenvalue weighted by Gasteiger charge is -2.15. The number of ether oxygens (including phenoxy) is 1. The molecular weight excluding hydrogens is 350 g/mol. The molecule has 0 spiro atoms. The second kappa shape index (κ2) is 8.03. The summed E-state index contributed by atoms with van der Waals surface area (Å²) >= 11 is 0. The minimum atomic E-state index is -1.11. The monoisotopic (exact) mass is 373 g/mol. The molecule has 0 aliphatic carbocycles. The molecule has 27 heavy (non-hydrogen) atoms. The van der Waals surface area contributed by atoms with Gasteiger partial charge in [0.15, 0.2) is 6.10 Å². The number of nitrogens with one attached hydrogen (secondary N) is 1. The Bertz CT molecular complexity index is 885. The molecule has 0 bridgehead atoms. The number of rotatable bonds is 6. The van der Waals surface area contributed by atoms with Gasteiger partial charge in [0, 0.05) is 23.5 Å². The number of carbonyl (C=O) groups is 2. The number of benzene rings is 1. The first kappa shape index (κ1) is 20.2. The van der Waals surface area contributed by atoms with Crippen molar-refractivity contribution in [2.75, 3.05) is 5.32 Å². The van der Waals surface area contributed by atoms with E-state index in [1.807, 2.05) is 32.3 Å². The number of amides is 1. The molecule has 1 aromatic carbocycles. The number of nitrogens with zero attached hydrogens (tertiary/aromatic N) is 2. The van der Waals surface area contributed by atoms with E-state index in [-0.39, 0.29) is 17.4 Å². The van der Waals surface area contributed by atoms with Crippen molar-refractivity contribution >= 4 is 23.3 Å². The predicted octanol–water partition coefficient (Wildman–Crippen LogP) is 3.78. The highest BCUT2D eigenvalue weighted by molar-refractivity contribution is 5.99. The average Bonchev–Trinajstić information content (AvgIpc) is 2.89. The van der Waals surface area contributed by atoms with Crippen LogP contribution in [-0.2, 0) is 9.53 Å². The number of carbonyl (C=O) groups excluding carboxylic acids is 2. The van der Waals surface area contributed by atoms with Crippen molar-refractivity contribution in [2.24, 2.45) is 0 Å². The standard InChI is InChI=1S/C19H23N3O5/c1-11(2)21-12(3)10-15(13(21)4)19(24)27-14(5)18(23)20-16-8-6-7-9-17(16)22(25)26/h6-11,14H,1-5H3,(H,20,23)/t14-/m0/s1. The fraction of sp³-hybridized carbons (Fsp3) is 0.368. The maximum Gasteiger partial charge on any atom is 0.340 e. The molecule has 0 fully saturated rings. The van der Waals surface area contributed by atoms with Gasteiger partial charge >= 0.3 is 5.97 Å². The molecule has 1 amide bonds. The van der Waals surface area contributed by atoms with E-state index in [2.05, 4.69) is 5.32 Å². The van der Waals surface area contributed by atoms with Gasteiger partial charge in [-0.1, -0.05) is 12.1 Å². The van der Waals surface area contributed by atoms with Crippen molar-refractivity contribution < 1.29 is 19.2 Å². The van der Waals surface area contributed by atoms with Gasteiger partial charge in [-0.25, -0.2) is 4.79 Å². The van der Waals surface area contributed by atoms with E-state index in [1.54, 1.807) is 12.1 Å². The van der Waals surface area contributed by atoms with Gasteiger partial charge in [0.25, 0.3) is 11.6 Å². The molecule has 0 aliphatic heterocycles. The van der Waals surface area contributed by atoms with Gasteiger partial charge in [0.2, 0.25) is 0 Å². The Kier molecular flexibility index (Phi) is 5.99. The van der Waals surface area contributed by atoms with Crippen LogP contribution in [-0.4, -0.2) is 27.5 Å². The smallest absolute Gasteiger partial charge is 0.340 e. The van der Waals surface area contributed by atoms with E-state index < -0.39 is 22.9 Å². The fourth-order valence-electron chi connectivity index (χ4n) is 3.03. The summed E-state index contributed by atoms with van der Waals surface area (Å²) in [6, 6.07) is 7.69. The highest BCUT2D eigenvalue weighted by Crippen LogP contribution is 2.24. The zero-order chi connectivity index (χ0) is 20.3. The molecule has 144 valence electrons. The number of aryl methyl sites for hydroxylation is 1. The lowest BCUT2D eigenvalue weighted by molar-refractivity contribution is -0.383. The number of hydrogen-bond donors (Lipinski definition) is 1. The van der Waals surface area contributed by atoms with Gasteiger partial charge in [0.1, 0.15) is 5.69 Å². The van der Waals surface area contributed by atoms with Gasteiger partial charge in [0.05, 0.1) is 10.5 Å². The molecule has 0 aliphatic rings. The van der Waals surface area contributed by atoms with Gasteiger partial charge in [-0.3, -0.25) is 14.9 Å². The molecule has 2 aromatic rings. The number of anilines is 1. The summed E-state index contributed by atoms with van der Waals surface area (Å²) in [4.78, 5) is 35.2. The van der Waals surface area contributed by atoms with Crippen LogP contribution in [0.2, 0.25) is 0 Å². The minimum absolute atomic E-state index is 0.0494. The molecule has 8 heteroatoms. The number of esters is 1. The van der Waals surface area contributed by atoms with E-state index >= 15 is 0 Å². The van der Waals surface area contributed by atoms with E-state index in [9.17, 15) is 19.7 Å². The Labute approximate surface area is 157 Å². The molecule has 1 aromatic heterocycles. The molecular formula is C19H23N3O5. The lowest BCUT2D eigenvalue weighted by Crippen LogP contribution is -2.30. The van der Waals surface area contributed by atoms with Crippen LogP contribution in [0.1, 0.15) is 48.6 Å². The van der Waals surface area contributed by atoms with Crippen LogP contribution in [0.3, 0.4) is 0 Å². The summed E-state index contributed by atoms with van der Waals surface area (Å²) < 4.78 is 7.27. The fourth-order valence-corrected chi connectivity index (χ4v) is 3.03. The van der Waals surface area contributed by atoms with Crippen molar-refractivity contribution in [1.82, 2.24) is 4.57 Å². The van der Waals surface area contributed by atoms with Crippen LogP contribution in [0.4, 0.5) is 11.4 Å². The number of hydrogen-bond acceptors (Lipinski definition) is 5. The number of para-hydroxylation sites is 2. The Morgan fingerprint density at radius 3 is 2.37 bits per heavy atom. The third-order valence-corrected chi connectivity index (χ3v) is 4.23. The Morgan fingerprint density at radius 1 is 1.19 bits per heavy atom. The molecule has 0 radical (unpaired) electrons. The van der Waals surface area contributed by atoms with Gasteiger partial charge in [-0.15, -0.1) is 0 Å². The first-order valence-electron chi connectivity index (χ1n) is 8.57. The summed E-state index contributed by atoms with van der Waals surface area (Å²) in [6.07, 6.45) is -1.11. The molecule has 1 heterocycles. The van der Waals surface area contributed by atoms with Gasteiger partial charge < -0.3 is 14.6 Å². The van der Waals surface area contributed by atoms with Crippen LogP contribution in [0.25, 0.3) is 0 Å². The van der Waals surface area contributed by atoms with E-state index in [0.29, 0.717) is 5.56 Å². The van der Waals surface area contributed by atoms with Crippen LogP contribution >= 0.6 is 0 Å². The van der Waals surface area contributed by atoms with E-state index in [1.165, 1.54) is 25.1 Å². The minimum Gasteiger partial charge on any atom is -0.449 e. The van der Waals surface area contributed by atoms with Crippen molar-refractivity contribution in [3.8, 4) is 0 Å². The first-order valence-corrected chi connectivity index (χ1v) is 8.57. The summed E-state index contributed by atoms with van der Waals surface area (Å²) in [6.45, 7) is 9.16. The van der Waals surface area contributed by atoms with Crippen LogP contribution in [0.15, 0.2) is 30.3 Å². The zero-order valence-electron chi connectivity index (χ0n) is 16.0. The molecule has 1 N–H and O–H groups in total. The molecule has 0 saturated heterocycles. The quantitative estimate of drug-likeness (QED) is 0.471. The second-order valence-electron chi connectivity index (χ2n) is 6.56. The van der Waals surface area contributed by atoms with Crippen molar-refractivity contribution in [3.05, 3.63) is 57.4 Å². The first-order chi connectivity index (χ1) is 12.6. The molecule has 8 nitrogen and oxygen atoms in total. The van der Waals surface area contributed by atoms with Crippen LogP contribution in [0.5, 0.6) is 0 Å². The summed E-state index contributed by atoms with van der Waals surface area (Å²) in [5.41, 5.74) is 1.90. The maximum atomic E-state index is 12.5. The van der Waals surface area contributed by atoms with E-state index in [4.69, 9.17) is 4.74 Å². The van der Waals surface area contributed by atoms with Crippen molar-refractivity contribution in [1.29, 1.82) is 0 Å². The third-order valence-electron chi connectivity index (χ3n) is 4.23. The highest BCUT2D eigenvalue weighted by Gasteiger charge is 2.24. The van der Waals surface area contributed by atoms with Gasteiger partial charge in [-0.05, 0) is 46.8 Å². The molecule has 0 saturated carbocycles. The largest absolute Gasteiger partial charge is 0.449 e. The third kappa shape index (κ3) is 4.33. The second-order valence-corrected chi connectivity index (χ2v) is 6.56. The average molecular weight is 373 g/mol. The predicted molar refractivity (Wildman–Crippen MR) is 101 cm³/mol. The molecule has 2 rings (SSSR count). The summed E-state index contributed by atoms with van der Waals surface area (Å²) in [7, 11) is 0. The highest BCUT2D eigenvalue weighted by atomic mass is 16.6. The SMILES string of the molecule is Cc1cc(C(=O)O[C@@H](C)C(=O)Nc2ccccc2[N+](=O)[O-])c(C)n1C(C)C. The summed E-state index contributed by atoms with van der Waals surface area (Å²) in [5, 5.41) is 13.5. The normalized spacial score (nSPS) is 11.9. The number of nitro benzene ring substituents is 1. The van der Waals surface area contributed by atoms with Crippen molar-refractivity contribution in [3.63, 3.8) is 0 Å². The molecule has 1 atom stereocenters.